The monoisotopic (exact) mass is 620 g/mol. The van der Waals surface area contributed by atoms with Crippen LogP contribution in [-0.2, 0) is 25.4 Å². The molecule has 13 nitrogen and oxygen atoms in total. The van der Waals surface area contributed by atoms with Crippen molar-refractivity contribution >= 4 is 28.6 Å². The number of hydrogen-bond acceptors (Lipinski definition) is 11. The van der Waals surface area contributed by atoms with Gasteiger partial charge in [0.2, 0.25) is 11.4 Å². The molecule has 3 heterocycles. The molecule has 238 valence electrons. The molecule has 2 aromatic carbocycles. The number of rotatable bonds is 5. The lowest BCUT2D eigenvalue weighted by Gasteiger charge is -2.16. The first-order valence-electron chi connectivity index (χ1n) is 14.8. The van der Waals surface area contributed by atoms with Gasteiger partial charge in [-0.1, -0.05) is 19.1 Å². The Kier molecular flexibility index (Phi) is 11.3. The molecule has 0 aliphatic carbocycles. The van der Waals surface area contributed by atoms with Crippen LogP contribution in [0.25, 0.3) is 16.7 Å². The van der Waals surface area contributed by atoms with Crippen LogP contribution in [0, 0.1) is 0 Å². The molecule has 0 unspecified atom stereocenters. The van der Waals surface area contributed by atoms with E-state index in [0.29, 0.717) is 82.3 Å². The molecule has 5 rings (SSSR count). The zero-order valence-corrected chi connectivity index (χ0v) is 25.0. The van der Waals surface area contributed by atoms with Gasteiger partial charge in [0.1, 0.15) is 18.8 Å². The first-order valence-corrected chi connectivity index (χ1v) is 14.8. The maximum atomic E-state index is 13.0. The van der Waals surface area contributed by atoms with Gasteiger partial charge in [-0.2, -0.15) is 4.98 Å². The summed E-state index contributed by atoms with van der Waals surface area (Å²) in [4.78, 5) is 33.8. The lowest BCUT2D eigenvalue weighted by atomic mass is 10.1. The minimum absolute atomic E-state index is 0.0814. The first-order chi connectivity index (χ1) is 22.0. The van der Waals surface area contributed by atoms with Crippen molar-refractivity contribution in [2.75, 3.05) is 71.4 Å². The van der Waals surface area contributed by atoms with Crippen molar-refractivity contribution in [3.63, 3.8) is 0 Å². The molecule has 45 heavy (non-hydrogen) atoms. The fraction of sp³-hybridized carbons (Fsp3) is 0.375. The molecule has 13 heteroatoms. The Balaban J connectivity index is 1.40. The average Bonchev–Trinajstić information content (AvgIpc) is 3.05. The number of carbonyl (C=O) groups is 1. The molecule has 0 bridgehead atoms. The van der Waals surface area contributed by atoms with E-state index in [-0.39, 0.29) is 29.2 Å². The summed E-state index contributed by atoms with van der Waals surface area (Å²) in [6.45, 7) is 6.13. The molecular weight excluding hydrogens is 584 g/mol. The second kappa shape index (κ2) is 16.0. The molecular formula is C32H36N4O9. The fourth-order valence-corrected chi connectivity index (χ4v) is 4.54. The Labute approximate surface area is 259 Å². The smallest absolute Gasteiger partial charge is 0.341 e. The summed E-state index contributed by atoms with van der Waals surface area (Å²) >= 11 is 0. The molecule has 4 aromatic rings. The SMILES string of the molecule is CCc1ccc(-n2cc(C(=O)O)c(=O)c3cnc(Nc4ccc5c(c4)OCCOCCOCCOCCOCCO5)nc32)cc1. The molecule has 0 saturated carbocycles. The van der Waals surface area contributed by atoms with Crippen molar-refractivity contribution in [1.82, 2.24) is 14.5 Å². The van der Waals surface area contributed by atoms with E-state index in [4.69, 9.17) is 28.4 Å². The van der Waals surface area contributed by atoms with E-state index < -0.39 is 11.4 Å². The number of anilines is 2. The van der Waals surface area contributed by atoms with E-state index in [0.717, 1.165) is 12.0 Å². The first kappa shape index (κ1) is 31.9. The summed E-state index contributed by atoms with van der Waals surface area (Å²) in [5.41, 5.74) is 1.60. The van der Waals surface area contributed by atoms with Crippen molar-refractivity contribution in [2.45, 2.75) is 13.3 Å². The molecule has 0 spiro atoms. The van der Waals surface area contributed by atoms with Crippen LogP contribution in [0.3, 0.4) is 0 Å². The van der Waals surface area contributed by atoms with Crippen molar-refractivity contribution in [3.05, 3.63) is 76.2 Å². The number of aryl methyl sites for hydroxylation is 1. The van der Waals surface area contributed by atoms with Crippen LogP contribution in [0.2, 0.25) is 0 Å². The van der Waals surface area contributed by atoms with Gasteiger partial charge < -0.3 is 43.4 Å². The fourth-order valence-electron chi connectivity index (χ4n) is 4.54. The Morgan fingerprint density at radius 1 is 0.844 bits per heavy atom. The third-order valence-electron chi connectivity index (χ3n) is 6.88. The van der Waals surface area contributed by atoms with Crippen LogP contribution in [0.1, 0.15) is 22.8 Å². The lowest BCUT2D eigenvalue weighted by Crippen LogP contribution is -2.19. The number of benzene rings is 2. The highest BCUT2D eigenvalue weighted by Crippen LogP contribution is 2.32. The highest BCUT2D eigenvalue weighted by Gasteiger charge is 2.18. The number of carboxylic acid groups (broad SMARTS) is 1. The predicted octanol–water partition coefficient (Wildman–Crippen LogP) is 3.62. The minimum atomic E-state index is -1.33. The van der Waals surface area contributed by atoms with Gasteiger partial charge in [-0.05, 0) is 36.2 Å². The van der Waals surface area contributed by atoms with Gasteiger partial charge in [-0.25, -0.2) is 9.78 Å². The third kappa shape index (κ3) is 8.54. The number of ether oxygens (including phenoxy) is 6. The summed E-state index contributed by atoms with van der Waals surface area (Å²) in [5.74, 6) is -0.130. The molecule has 0 fully saturated rings. The topological polar surface area (TPSA) is 152 Å². The Hall–Kier alpha value is -4.56. The summed E-state index contributed by atoms with van der Waals surface area (Å²) in [5, 5.41) is 12.9. The van der Waals surface area contributed by atoms with Crippen molar-refractivity contribution in [1.29, 1.82) is 0 Å². The number of fused-ring (bicyclic) bond motifs is 2. The van der Waals surface area contributed by atoms with Gasteiger partial charge in [0.15, 0.2) is 17.1 Å². The van der Waals surface area contributed by atoms with Crippen LogP contribution in [0.5, 0.6) is 11.5 Å². The highest BCUT2D eigenvalue weighted by atomic mass is 16.6. The van der Waals surface area contributed by atoms with E-state index in [9.17, 15) is 14.7 Å². The molecule has 0 saturated heterocycles. The number of aromatic nitrogens is 3. The van der Waals surface area contributed by atoms with Crippen molar-refractivity contribution in [2.24, 2.45) is 0 Å². The zero-order chi connectivity index (χ0) is 31.4. The Bertz CT molecular complexity index is 1640. The molecule has 0 amide bonds. The average molecular weight is 621 g/mol. The van der Waals surface area contributed by atoms with E-state index in [2.05, 4.69) is 15.3 Å². The van der Waals surface area contributed by atoms with Gasteiger partial charge in [-0.3, -0.25) is 4.79 Å². The Morgan fingerprint density at radius 2 is 1.44 bits per heavy atom. The number of carboxylic acids is 1. The van der Waals surface area contributed by atoms with Gasteiger partial charge in [0.05, 0.1) is 58.2 Å². The van der Waals surface area contributed by atoms with E-state index in [1.54, 1.807) is 22.8 Å². The lowest BCUT2D eigenvalue weighted by molar-refractivity contribution is -0.00841. The zero-order valence-electron chi connectivity index (χ0n) is 25.0. The number of aromatic carboxylic acids is 1. The minimum Gasteiger partial charge on any atom is -0.487 e. The van der Waals surface area contributed by atoms with E-state index in [1.165, 1.54) is 12.4 Å². The third-order valence-corrected chi connectivity index (χ3v) is 6.88. The number of nitrogens with zero attached hydrogens (tertiary/aromatic N) is 3. The van der Waals surface area contributed by atoms with Gasteiger partial charge in [0.25, 0.3) is 0 Å². The summed E-state index contributed by atoms with van der Waals surface area (Å²) in [7, 11) is 0. The molecule has 2 N–H and O–H groups in total. The van der Waals surface area contributed by atoms with E-state index >= 15 is 0 Å². The highest BCUT2D eigenvalue weighted by molar-refractivity contribution is 5.92. The van der Waals surface area contributed by atoms with Crippen LogP contribution < -0.4 is 20.2 Å². The maximum Gasteiger partial charge on any atom is 0.341 e. The van der Waals surface area contributed by atoms with Crippen molar-refractivity contribution in [3.8, 4) is 17.2 Å². The standard InChI is InChI=1S/C32H36N4O9/c1-2-22-3-6-24(7-4-22)36-21-26(31(38)39)29(37)25-20-33-32(35-30(25)36)34-23-5-8-27-28(19-23)45-18-16-43-14-12-41-10-9-40-11-13-42-15-17-44-27/h3-8,19-21H,2,9-18H2,1H3,(H,38,39)(H,33,34,35). The number of nitrogens with one attached hydrogen (secondary N) is 1. The van der Waals surface area contributed by atoms with Crippen LogP contribution in [0.4, 0.5) is 11.6 Å². The molecule has 0 radical (unpaired) electrons. The molecule has 2 aromatic heterocycles. The predicted molar refractivity (Wildman–Crippen MR) is 165 cm³/mol. The van der Waals surface area contributed by atoms with Crippen LogP contribution >= 0.6 is 0 Å². The quantitative estimate of drug-likeness (QED) is 0.335. The summed E-state index contributed by atoms with van der Waals surface area (Å²) in [6.07, 6.45) is 3.47. The number of hydrogen-bond donors (Lipinski definition) is 2. The summed E-state index contributed by atoms with van der Waals surface area (Å²) < 4.78 is 35.6. The maximum absolute atomic E-state index is 13.0. The second-order valence-electron chi connectivity index (χ2n) is 9.93. The van der Waals surface area contributed by atoms with Crippen LogP contribution in [-0.4, -0.2) is 91.7 Å². The summed E-state index contributed by atoms with van der Waals surface area (Å²) in [6, 6.07) is 12.9. The van der Waals surface area contributed by atoms with Gasteiger partial charge in [0, 0.05) is 29.8 Å². The largest absolute Gasteiger partial charge is 0.487 e. The van der Waals surface area contributed by atoms with Gasteiger partial charge >= 0.3 is 5.97 Å². The molecule has 1 aliphatic rings. The second-order valence-corrected chi connectivity index (χ2v) is 9.93. The molecule has 0 atom stereocenters. The number of pyridine rings is 1. The van der Waals surface area contributed by atoms with Gasteiger partial charge in [-0.15, -0.1) is 0 Å². The molecule has 1 aliphatic heterocycles. The normalized spacial score (nSPS) is 15.6. The Morgan fingerprint density at radius 3 is 2.04 bits per heavy atom. The van der Waals surface area contributed by atoms with Crippen molar-refractivity contribution < 1.29 is 38.3 Å². The van der Waals surface area contributed by atoms with Crippen LogP contribution in [0.15, 0.2) is 59.7 Å². The van der Waals surface area contributed by atoms with E-state index in [1.807, 2.05) is 31.2 Å².